The average Bonchev–Trinajstić information content (AvgIpc) is 3.01. The summed E-state index contributed by atoms with van der Waals surface area (Å²) < 4.78 is 1.51. The Balaban J connectivity index is 2.17. The van der Waals surface area contributed by atoms with Gasteiger partial charge in [0.1, 0.15) is 0 Å². The van der Waals surface area contributed by atoms with Gasteiger partial charge in [0, 0.05) is 22.3 Å². The zero-order chi connectivity index (χ0) is 16.4. The molecule has 0 unspecified atom stereocenters. The molecule has 0 N–H and O–H groups in total. The molecule has 1 aromatic heterocycles. The van der Waals surface area contributed by atoms with Crippen LogP contribution in [0.25, 0.3) is 11.3 Å². The number of Topliss-reactive ketones (excluding diaryl/α,β-unsaturated/α-hetero) is 1. The molecule has 3 nitrogen and oxygen atoms in total. The van der Waals surface area contributed by atoms with E-state index in [0.29, 0.717) is 21.8 Å². The summed E-state index contributed by atoms with van der Waals surface area (Å²) in [5.74, 6) is -0.266. The first kappa shape index (κ1) is 15.3. The van der Waals surface area contributed by atoms with Crippen LogP contribution >= 0.6 is 11.6 Å². The SMILES string of the molecule is CC(=O)c1ccn(C(=O)c2ccccc2)c1-c1ccc(Cl)cc1. The summed E-state index contributed by atoms with van der Waals surface area (Å²) in [4.78, 5) is 24.7. The van der Waals surface area contributed by atoms with Crippen LogP contribution in [-0.2, 0) is 0 Å². The molecule has 2 aromatic carbocycles. The minimum Gasteiger partial charge on any atom is -0.294 e. The summed E-state index contributed by atoms with van der Waals surface area (Å²) in [6.45, 7) is 1.49. The summed E-state index contributed by atoms with van der Waals surface area (Å²) in [6, 6.07) is 17.7. The third-order valence-corrected chi connectivity index (χ3v) is 3.87. The van der Waals surface area contributed by atoms with E-state index >= 15 is 0 Å². The van der Waals surface area contributed by atoms with Gasteiger partial charge in [-0.05, 0) is 42.8 Å². The Labute approximate surface area is 139 Å². The fourth-order valence-electron chi connectivity index (χ4n) is 2.51. The molecule has 0 amide bonds. The third kappa shape index (κ3) is 2.96. The maximum absolute atomic E-state index is 12.8. The lowest BCUT2D eigenvalue weighted by molar-refractivity contribution is 0.0962. The van der Waals surface area contributed by atoms with Crippen molar-refractivity contribution >= 4 is 23.3 Å². The molecule has 3 rings (SSSR count). The molecular weight excluding hydrogens is 310 g/mol. The summed E-state index contributed by atoms with van der Waals surface area (Å²) in [5.41, 5.74) is 2.43. The predicted molar refractivity (Wildman–Crippen MR) is 91.1 cm³/mol. The molecule has 0 aliphatic rings. The number of aromatic nitrogens is 1. The number of ketones is 1. The molecule has 1 heterocycles. The number of carbonyl (C=O) groups is 2. The van der Waals surface area contributed by atoms with Crippen molar-refractivity contribution in [3.05, 3.63) is 83.0 Å². The van der Waals surface area contributed by atoms with Crippen molar-refractivity contribution in [1.29, 1.82) is 0 Å². The lowest BCUT2D eigenvalue weighted by Gasteiger charge is -2.10. The summed E-state index contributed by atoms with van der Waals surface area (Å²) in [5, 5.41) is 0.602. The second-order valence-electron chi connectivity index (χ2n) is 5.18. The minimum atomic E-state index is -0.178. The first-order chi connectivity index (χ1) is 11.1. The van der Waals surface area contributed by atoms with Crippen LogP contribution in [0.1, 0.15) is 27.6 Å². The van der Waals surface area contributed by atoms with E-state index in [1.165, 1.54) is 11.5 Å². The van der Waals surface area contributed by atoms with Crippen molar-refractivity contribution in [3.8, 4) is 11.3 Å². The van der Waals surface area contributed by atoms with E-state index in [1.54, 1.807) is 48.7 Å². The van der Waals surface area contributed by atoms with E-state index in [4.69, 9.17) is 11.6 Å². The van der Waals surface area contributed by atoms with Crippen LogP contribution in [0.15, 0.2) is 66.9 Å². The van der Waals surface area contributed by atoms with Crippen LogP contribution in [0.5, 0.6) is 0 Å². The first-order valence-corrected chi connectivity index (χ1v) is 7.53. The van der Waals surface area contributed by atoms with Gasteiger partial charge in [0.25, 0.3) is 5.91 Å². The number of carbonyl (C=O) groups excluding carboxylic acids is 2. The molecule has 0 saturated heterocycles. The van der Waals surface area contributed by atoms with E-state index < -0.39 is 0 Å². The van der Waals surface area contributed by atoms with Crippen LogP contribution in [0.2, 0.25) is 5.02 Å². The Morgan fingerprint density at radius 2 is 1.57 bits per heavy atom. The van der Waals surface area contributed by atoms with Crippen molar-refractivity contribution in [2.75, 3.05) is 0 Å². The second-order valence-corrected chi connectivity index (χ2v) is 5.62. The Kier molecular flexibility index (Phi) is 4.13. The molecule has 114 valence electrons. The third-order valence-electron chi connectivity index (χ3n) is 3.62. The topological polar surface area (TPSA) is 39.1 Å². The Bertz CT molecular complexity index is 864. The van der Waals surface area contributed by atoms with Crippen LogP contribution in [0.3, 0.4) is 0 Å². The number of nitrogens with zero attached hydrogens (tertiary/aromatic N) is 1. The molecule has 0 spiro atoms. The maximum Gasteiger partial charge on any atom is 0.262 e. The number of halogens is 1. The van der Waals surface area contributed by atoms with Gasteiger partial charge in [-0.15, -0.1) is 0 Å². The molecule has 0 radical (unpaired) electrons. The van der Waals surface area contributed by atoms with Crippen molar-refractivity contribution in [2.45, 2.75) is 6.92 Å². The molecular formula is C19H14ClNO2. The number of hydrogen-bond acceptors (Lipinski definition) is 2. The summed E-state index contributed by atoms with van der Waals surface area (Å²) in [7, 11) is 0. The highest BCUT2D eigenvalue weighted by atomic mass is 35.5. The monoisotopic (exact) mass is 323 g/mol. The van der Waals surface area contributed by atoms with Gasteiger partial charge in [-0.3, -0.25) is 14.2 Å². The van der Waals surface area contributed by atoms with Crippen LogP contribution in [0, 0.1) is 0 Å². The smallest absolute Gasteiger partial charge is 0.262 e. The Hall–Kier alpha value is -2.65. The minimum absolute atomic E-state index is 0.0884. The maximum atomic E-state index is 12.8. The zero-order valence-corrected chi connectivity index (χ0v) is 13.2. The molecule has 0 fully saturated rings. The van der Waals surface area contributed by atoms with Gasteiger partial charge < -0.3 is 0 Å². The summed E-state index contributed by atoms with van der Waals surface area (Å²) in [6.07, 6.45) is 1.63. The van der Waals surface area contributed by atoms with Crippen molar-refractivity contribution < 1.29 is 9.59 Å². The van der Waals surface area contributed by atoms with Crippen molar-refractivity contribution in [2.24, 2.45) is 0 Å². The molecule has 4 heteroatoms. The number of hydrogen-bond donors (Lipinski definition) is 0. The number of rotatable bonds is 3. The van der Waals surface area contributed by atoms with Gasteiger partial charge >= 0.3 is 0 Å². The molecule has 0 saturated carbocycles. The van der Waals surface area contributed by atoms with E-state index in [0.717, 1.165) is 5.56 Å². The van der Waals surface area contributed by atoms with Gasteiger partial charge in [0.05, 0.1) is 5.69 Å². The normalized spacial score (nSPS) is 10.5. The Morgan fingerprint density at radius 1 is 0.913 bits per heavy atom. The van der Waals surface area contributed by atoms with Crippen LogP contribution in [0.4, 0.5) is 0 Å². The van der Waals surface area contributed by atoms with E-state index in [1.807, 2.05) is 18.2 Å². The largest absolute Gasteiger partial charge is 0.294 e. The fraction of sp³-hybridized carbons (Fsp3) is 0.0526. The number of benzene rings is 2. The van der Waals surface area contributed by atoms with Gasteiger partial charge in [0.15, 0.2) is 5.78 Å². The standard InChI is InChI=1S/C19H14ClNO2/c1-13(22)17-11-12-21(19(23)15-5-3-2-4-6-15)18(17)14-7-9-16(20)10-8-14/h2-12H,1H3. The highest BCUT2D eigenvalue weighted by Crippen LogP contribution is 2.27. The van der Waals surface area contributed by atoms with E-state index in [2.05, 4.69) is 0 Å². The molecule has 0 aliphatic carbocycles. The lowest BCUT2D eigenvalue weighted by atomic mass is 10.1. The molecule has 23 heavy (non-hydrogen) atoms. The van der Waals surface area contributed by atoms with Crippen molar-refractivity contribution in [1.82, 2.24) is 4.57 Å². The molecule has 3 aromatic rings. The molecule has 0 bridgehead atoms. The molecule has 0 aliphatic heterocycles. The van der Waals surface area contributed by atoms with Crippen LogP contribution in [-0.4, -0.2) is 16.3 Å². The van der Waals surface area contributed by atoms with Gasteiger partial charge in [-0.2, -0.15) is 0 Å². The van der Waals surface area contributed by atoms with Crippen LogP contribution < -0.4 is 0 Å². The van der Waals surface area contributed by atoms with Gasteiger partial charge in [-0.1, -0.05) is 41.9 Å². The first-order valence-electron chi connectivity index (χ1n) is 7.16. The predicted octanol–water partition coefficient (Wildman–Crippen LogP) is 4.70. The van der Waals surface area contributed by atoms with E-state index in [-0.39, 0.29) is 11.7 Å². The highest BCUT2D eigenvalue weighted by Gasteiger charge is 2.19. The lowest BCUT2D eigenvalue weighted by Crippen LogP contribution is -2.13. The molecule has 0 atom stereocenters. The van der Waals surface area contributed by atoms with E-state index in [9.17, 15) is 9.59 Å². The Morgan fingerprint density at radius 3 is 2.17 bits per heavy atom. The average molecular weight is 324 g/mol. The fourth-order valence-corrected chi connectivity index (χ4v) is 2.63. The van der Waals surface area contributed by atoms with Gasteiger partial charge in [0.2, 0.25) is 0 Å². The second kappa shape index (κ2) is 6.23. The van der Waals surface area contributed by atoms with Gasteiger partial charge in [-0.25, -0.2) is 0 Å². The van der Waals surface area contributed by atoms with Crippen molar-refractivity contribution in [3.63, 3.8) is 0 Å². The highest BCUT2D eigenvalue weighted by molar-refractivity contribution is 6.30. The summed E-state index contributed by atoms with van der Waals surface area (Å²) >= 11 is 5.93. The quantitative estimate of drug-likeness (QED) is 0.655. The zero-order valence-electron chi connectivity index (χ0n) is 12.5.